The Bertz CT molecular complexity index is 157. The van der Waals surface area contributed by atoms with Crippen LogP contribution < -0.4 is 11.1 Å². The van der Waals surface area contributed by atoms with E-state index < -0.39 is 0 Å². The van der Waals surface area contributed by atoms with Crippen LogP contribution in [0.1, 0.15) is 40.0 Å². The molecule has 0 rings (SSSR count). The van der Waals surface area contributed by atoms with Gasteiger partial charge in [0.2, 0.25) is 5.91 Å². The summed E-state index contributed by atoms with van der Waals surface area (Å²) in [4.78, 5) is 11.4. The zero-order valence-corrected chi connectivity index (χ0v) is 9.68. The normalized spacial score (nSPS) is 12.9. The number of hydrogen-bond acceptors (Lipinski definition) is 2. The van der Waals surface area contributed by atoms with E-state index in [9.17, 15) is 4.79 Å². The van der Waals surface area contributed by atoms with Gasteiger partial charge in [-0.3, -0.25) is 4.79 Å². The topological polar surface area (TPSA) is 55.1 Å². The minimum absolute atomic E-state index is 0.0547. The van der Waals surface area contributed by atoms with Crippen molar-refractivity contribution in [3.63, 3.8) is 0 Å². The molecule has 0 aromatic rings. The molecule has 1 unspecified atom stereocenters. The smallest absolute Gasteiger partial charge is 0.222 e. The molecule has 1 amide bonds. The van der Waals surface area contributed by atoms with Crippen molar-refractivity contribution in [1.29, 1.82) is 0 Å². The Morgan fingerprint density at radius 2 is 1.93 bits per heavy atom. The van der Waals surface area contributed by atoms with Gasteiger partial charge in [-0.25, -0.2) is 0 Å². The Morgan fingerprint density at radius 3 is 2.43 bits per heavy atom. The number of amides is 1. The van der Waals surface area contributed by atoms with Crippen molar-refractivity contribution in [2.24, 2.45) is 17.6 Å². The van der Waals surface area contributed by atoms with Crippen LogP contribution in [0.3, 0.4) is 0 Å². The third-order valence-corrected chi connectivity index (χ3v) is 2.30. The van der Waals surface area contributed by atoms with Crippen LogP contribution >= 0.6 is 0 Å². The van der Waals surface area contributed by atoms with Gasteiger partial charge in [0, 0.05) is 12.5 Å². The summed E-state index contributed by atoms with van der Waals surface area (Å²) in [6, 6.07) is 0. The van der Waals surface area contributed by atoms with Crippen LogP contribution in [0.2, 0.25) is 0 Å². The molecule has 0 heterocycles. The molecule has 14 heavy (non-hydrogen) atoms. The maximum absolute atomic E-state index is 11.4. The summed E-state index contributed by atoms with van der Waals surface area (Å²) in [6.07, 6.45) is 3.01. The van der Waals surface area contributed by atoms with Gasteiger partial charge in [-0.15, -0.1) is 0 Å². The van der Waals surface area contributed by atoms with Gasteiger partial charge in [0.15, 0.2) is 0 Å². The highest BCUT2D eigenvalue weighted by Crippen LogP contribution is 2.03. The first kappa shape index (κ1) is 13.4. The van der Waals surface area contributed by atoms with Crippen molar-refractivity contribution >= 4 is 5.91 Å². The fourth-order valence-electron chi connectivity index (χ4n) is 1.28. The number of nitrogens with one attached hydrogen (secondary N) is 1. The van der Waals surface area contributed by atoms with Gasteiger partial charge in [0.1, 0.15) is 0 Å². The number of hydrogen-bond donors (Lipinski definition) is 2. The molecule has 0 aromatic heterocycles. The van der Waals surface area contributed by atoms with E-state index in [1.165, 1.54) is 6.42 Å². The van der Waals surface area contributed by atoms with Crippen molar-refractivity contribution in [3.8, 4) is 0 Å². The standard InChI is InChI=1S/C11H24N2O/c1-9(2)5-4-8-13-11(14)10(3)6-7-12/h9-10H,4-8,12H2,1-3H3,(H,13,14). The van der Waals surface area contributed by atoms with E-state index in [1.54, 1.807) is 0 Å². The predicted molar refractivity (Wildman–Crippen MR) is 59.9 cm³/mol. The van der Waals surface area contributed by atoms with Crippen molar-refractivity contribution in [1.82, 2.24) is 5.32 Å². The molecule has 0 aliphatic rings. The molecule has 0 radical (unpaired) electrons. The molecular weight excluding hydrogens is 176 g/mol. The Kier molecular flexibility index (Phi) is 7.48. The van der Waals surface area contributed by atoms with Gasteiger partial charge in [-0.2, -0.15) is 0 Å². The largest absolute Gasteiger partial charge is 0.356 e. The van der Waals surface area contributed by atoms with E-state index in [-0.39, 0.29) is 11.8 Å². The number of rotatable bonds is 7. The van der Waals surface area contributed by atoms with Crippen molar-refractivity contribution in [2.45, 2.75) is 40.0 Å². The zero-order chi connectivity index (χ0) is 11.0. The second-order valence-electron chi connectivity index (χ2n) is 4.31. The molecule has 0 bridgehead atoms. The van der Waals surface area contributed by atoms with Crippen molar-refractivity contribution < 1.29 is 4.79 Å². The Balaban J connectivity index is 3.44. The fourth-order valence-corrected chi connectivity index (χ4v) is 1.28. The second kappa shape index (κ2) is 7.80. The molecule has 0 saturated carbocycles. The van der Waals surface area contributed by atoms with Gasteiger partial charge < -0.3 is 11.1 Å². The lowest BCUT2D eigenvalue weighted by Gasteiger charge is -2.11. The first-order chi connectivity index (χ1) is 6.57. The van der Waals surface area contributed by atoms with Crippen LogP contribution in [0.15, 0.2) is 0 Å². The molecule has 84 valence electrons. The monoisotopic (exact) mass is 200 g/mol. The Labute approximate surface area is 87.4 Å². The molecule has 3 heteroatoms. The van der Waals surface area contributed by atoms with Gasteiger partial charge in [-0.05, 0) is 31.7 Å². The van der Waals surface area contributed by atoms with E-state index in [4.69, 9.17) is 5.73 Å². The first-order valence-electron chi connectivity index (χ1n) is 5.55. The summed E-state index contributed by atoms with van der Waals surface area (Å²) >= 11 is 0. The van der Waals surface area contributed by atoms with Crippen molar-refractivity contribution in [3.05, 3.63) is 0 Å². The Hall–Kier alpha value is -0.570. The van der Waals surface area contributed by atoms with E-state index in [0.29, 0.717) is 12.5 Å². The summed E-state index contributed by atoms with van der Waals surface area (Å²) in [7, 11) is 0. The van der Waals surface area contributed by atoms with Gasteiger partial charge in [0.05, 0.1) is 0 Å². The third-order valence-electron chi connectivity index (χ3n) is 2.30. The highest BCUT2D eigenvalue weighted by Gasteiger charge is 2.10. The van der Waals surface area contributed by atoms with Crippen LogP contribution in [0, 0.1) is 11.8 Å². The molecular formula is C11H24N2O. The molecule has 0 saturated heterocycles. The minimum atomic E-state index is 0.0547. The minimum Gasteiger partial charge on any atom is -0.356 e. The average Bonchev–Trinajstić information content (AvgIpc) is 2.12. The molecule has 0 aliphatic carbocycles. The van der Waals surface area contributed by atoms with E-state index >= 15 is 0 Å². The molecule has 3 nitrogen and oxygen atoms in total. The van der Waals surface area contributed by atoms with Crippen LogP contribution in [0.25, 0.3) is 0 Å². The molecule has 0 aromatic carbocycles. The van der Waals surface area contributed by atoms with E-state index in [1.807, 2.05) is 6.92 Å². The van der Waals surface area contributed by atoms with Crippen LogP contribution in [0.5, 0.6) is 0 Å². The molecule has 3 N–H and O–H groups in total. The van der Waals surface area contributed by atoms with E-state index in [2.05, 4.69) is 19.2 Å². The van der Waals surface area contributed by atoms with Gasteiger partial charge >= 0.3 is 0 Å². The first-order valence-corrected chi connectivity index (χ1v) is 5.55. The SMILES string of the molecule is CC(C)CCCNC(=O)C(C)CCN. The molecule has 0 fully saturated rings. The second-order valence-corrected chi connectivity index (χ2v) is 4.31. The lowest BCUT2D eigenvalue weighted by Crippen LogP contribution is -2.31. The lowest BCUT2D eigenvalue weighted by molar-refractivity contribution is -0.124. The van der Waals surface area contributed by atoms with Crippen LogP contribution in [0.4, 0.5) is 0 Å². The quantitative estimate of drug-likeness (QED) is 0.612. The highest BCUT2D eigenvalue weighted by atomic mass is 16.1. The summed E-state index contributed by atoms with van der Waals surface area (Å²) in [5, 5.41) is 2.93. The maximum Gasteiger partial charge on any atom is 0.222 e. The van der Waals surface area contributed by atoms with Crippen molar-refractivity contribution in [2.75, 3.05) is 13.1 Å². The van der Waals surface area contributed by atoms with Gasteiger partial charge in [0.25, 0.3) is 0 Å². The molecule has 0 aliphatic heterocycles. The summed E-state index contributed by atoms with van der Waals surface area (Å²) in [5.74, 6) is 0.909. The zero-order valence-electron chi connectivity index (χ0n) is 9.68. The lowest BCUT2D eigenvalue weighted by atomic mass is 10.1. The van der Waals surface area contributed by atoms with Gasteiger partial charge in [-0.1, -0.05) is 20.8 Å². The van der Waals surface area contributed by atoms with Crippen LogP contribution in [-0.2, 0) is 4.79 Å². The fraction of sp³-hybridized carbons (Fsp3) is 0.909. The molecule has 1 atom stereocenters. The average molecular weight is 200 g/mol. The van der Waals surface area contributed by atoms with E-state index in [0.717, 1.165) is 19.4 Å². The predicted octanol–water partition coefficient (Wildman–Crippen LogP) is 1.52. The third kappa shape index (κ3) is 6.89. The van der Waals surface area contributed by atoms with Crippen LogP contribution in [-0.4, -0.2) is 19.0 Å². The maximum atomic E-state index is 11.4. The summed E-state index contributed by atoms with van der Waals surface area (Å²) in [6.45, 7) is 7.69. The number of carbonyl (C=O) groups is 1. The Morgan fingerprint density at radius 1 is 1.29 bits per heavy atom. The number of carbonyl (C=O) groups excluding carboxylic acids is 1. The highest BCUT2D eigenvalue weighted by molar-refractivity contribution is 5.78. The summed E-state index contributed by atoms with van der Waals surface area (Å²) in [5.41, 5.74) is 5.38. The molecule has 0 spiro atoms. The summed E-state index contributed by atoms with van der Waals surface area (Å²) < 4.78 is 0. The number of nitrogens with two attached hydrogens (primary N) is 1.